The lowest BCUT2D eigenvalue weighted by molar-refractivity contribution is -0.389. The van der Waals surface area contributed by atoms with E-state index in [4.69, 9.17) is 18.9 Å². The van der Waals surface area contributed by atoms with Crippen molar-refractivity contribution in [3.63, 3.8) is 0 Å². The predicted molar refractivity (Wildman–Crippen MR) is 106 cm³/mol. The second kappa shape index (κ2) is 8.53. The van der Waals surface area contributed by atoms with Crippen LogP contribution in [-0.2, 0) is 13.2 Å². The summed E-state index contributed by atoms with van der Waals surface area (Å²) in [6.07, 6.45) is 2.39. The van der Waals surface area contributed by atoms with Crippen molar-refractivity contribution < 1.29 is 23.9 Å². The number of nitro groups is 1. The summed E-state index contributed by atoms with van der Waals surface area (Å²) in [6.45, 7) is 0.779. The fourth-order valence-corrected chi connectivity index (χ4v) is 3.05. The van der Waals surface area contributed by atoms with Gasteiger partial charge in [-0.15, -0.1) is 0 Å². The molecule has 0 spiro atoms. The van der Waals surface area contributed by atoms with E-state index >= 15 is 0 Å². The van der Waals surface area contributed by atoms with E-state index in [9.17, 15) is 10.1 Å². The second-order valence-electron chi connectivity index (χ2n) is 6.28. The Bertz CT molecular complexity index is 1060. The number of aromatic nitrogens is 4. The number of methoxy groups -OCH3 is 1. The quantitative estimate of drug-likeness (QED) is 0.373. The van der Waals surface area contributed by atoms with Gasteiger partial charge in [0.05, 0.1) is 24.3 Å². The maximum Gasteiger partial charge on any atom is 0.414 e. The highest BCUT2D eigenvalue weighted by Crippen LogP contribution is 2.27. The predicted octanol–water partition coefficient (Wildman–Crippen LogP) is 2.77. The van der Waals surface area contributed by atoms with Crippen molar-refractivity contribution in [3.05, 3.63) is 56.8 Å². The Balaban J connectivity index is 1.40. The summed E-state index contributed by atoms with van der Waals surface area (Å²) in [6, 6.07) is 7.77. The maximum atomic E-state index is 10.9. The lowest BCUT2D eigenvalue weighted by atomic mass is 10.2. The third kappa shape index (κ3) is 4.43. The number of nitrogens with zero attached hydrogens (tertiary/aromatic N) is 5. The smallest absolute Gasteiger partial charge is 0.414 e. The molecule has 12 heteroatoms. The van der Waals surface area contributed by atoms with E-state index in [1.807, 2.05) is 24.3 Å². The Hall–Kier alpha value is -3.41. The molecule has 156 valence electrons. The first-order valence-electron chi connectivity index (χ1n) is 8.81. The molecule has 0 fully saturated rings. The standard InChI is InChI=1S/C18H16BrN5O6/c1-27-12-4-2-11(3-5-12)9-28-16-14(19)6-20-17(22-16)30-13-7-23-8-15(24(25)26)21-18(23)29-10-13/h2-6,8,13H,7,9-10H2,1H3. The molecule has 2 aromatic heterocycles. The molecule has 0 amide bonds. The molecule has 0 bridgehead atoms. The van der Waals surface area contributed by atoms with Gasteiger partial charge in [0, 0.05) is 4.98 Å². The molecule has 0 aliphatic carbocycles. The van der Waals surface area contributed by atoms with E-state index in [2.05, 4.69) is 30.9 Å². The molecule has 1 aliphatic rings. The molecule has 0 saturated carbocycles. The van der Waals surface area contributed by atoms with Gasteiger partial charge in [-0.25, -0.2) is 4.98 Å². The van der Waals surface area contributed by atoms with Crippen LogP contribution in [0, 0.1) is 10.1 Å². The van der Waals surface area contributed by atoms with Gasteiger partial charge in [0.25, 0.3) is 0 Å². The zero-order valence-corrected chi connectivity index (χ0v) is 17.3. The van der Waals surface area contributed by atoms with Gasteiger partial charge in [0.15, 0.2) is 6.10 Å². The monoisotopic (exact) mass is 477 g/mol. The van der Waals surface area contributed by atoms with Gasteiger partial charge in [0.2, 0.25) is 5.88 Å². The Morgan fingerprint density at radius 2 is 2.13 bits per heavy atom. The van der Waals surface area contributed by atoms with Crippen LogP contribution in [0.1, 0.15) is 5.56 Å². The van der Waals surface area contributed by atoms with Gasteiger partial charge >= 0.3 is 17.8 Å². The lowest BCUT2D eigenvalue weighted by Gasteiger charge is -2.22. The van der Waals surface area contributed by atoms with Crippen LogP contribution < -0.4 is 18.9 Å². The van der Waals surface area contributed by atoms with Crippen LogP contribution in [0.25, 0.3) is 0 Å². The van der Waals surface area contributed by atoms with E-state index < -0.39 is 11.0 Å². The molecule has 1 aliphatic heterocycles. The van der Waals surface area contributed by atoms with Crippen molar-refractivity contribution >= 4 is 21.7 Å². The molecule has 0 radical (unpaired) electrons. The van der Waals surface area contributed by atoms with Crippen molar-refractivity contribution in [1.29, 1.82) is 0 Å². The summed E-state index contributed by atoms with van der Waals surface area (Å²) >= 11 is 3.36. The van der Waals surface area contributed by atoms with Gasteiger partial charge in [-0.05, 0) is 38.5 Å². The van der Waals surface area contributed by atoms with E-state index in [0.29, 0.717) is 23.5 Å². The number of rotatable bonds is 7. The van der Waals surface area contributed by atoms with Crippen LogP contribution >= 0.6 is 15.9 Å². The number of imidazole rings is 1. The van der Waals surface area contributed by atoms with E-state index in [1.165, 1.54) is 17.0 Å². The van der Waals surface area contributed by atoms with E-state index in [1.54, 1.807) is 7.11 Å². The highest BCUT2D eigenvalue weighted by molar-refractivity contribution is 9.10. The topological polar surface area (TPSA) is 124 Å². The molecule has 11 nitrogen and oxygen atoms in total. The lowest BCUT2D eigenvalue weighted by Crippen LogP contribution is -2.35. The highest BCUT2D eigenvalue weighted by Gasteiger charge is 2.29. The fourth-order valence-electron chi connectivity index (χ4n) is 2.75. The van der Waals surface area contributed by atoms with Crippen LogP contribution in [0.3, 0.4) is 0 Å². The van der Waals surface area contributed by atoms with Crippen molar-refractivity contribution in [1.82, 2.24) is 19.5 Å². The zero-order valence-electron chi connectivity index (χ0n) is 15.7. The normalized spacial score (nSPS) is 15.1. The molecule has 3 heterocycles. The van der Waals surface area contributed by atoms with Gasteiger partial charge < -0.3 is 29.1 Å². The van der Waals surface area contributed by atoms with E-state index in [0.717, 1.165) is 11.3 Å². The molecule has 3 aromatic rings. The third-order valence-corrected chi connectivity index (χ3v) is 4.75. The molecule has 1 atom stereocenters. The average Bonchev–Trinajstić information content (AvgIpc) is 3.18. The molecule has 0 N–H and O–H groups in total. The Kier molecular flexibility index (Phi) is 5.65. The van der Waals surface area contributed by atoms with Gasteiger partial charge in [-0.1, -0.05) is 12.1 Å². The van der Waals surface area contributed by atoms with E-state index in [-0.39, 0.29) is 24.4 Å². The average molecular weight is 478 g/mol. The first kappa shape index (κ1) is 19.9. The molecule has 1 aromatic carbocycles. The summed E-state index contributed by atoms with van der Waals surface area (Å²) in [5.74, 6) is 0.810. The molecule has 30 heavy (non-hydrogen) atoms. The molecular weight excluding hydrogens is 462 g/mol. The van der Waals surface area contributed by atoms with Crippen molar-refractivity contribution in [3.8, 4) is 23.7 Å². The van der Waals surface area contributed by atoms with Crippen molar-refractivity contribution in [2.24, 2.45) is 0 Å². The summed E-state index contributed by atoms with van der Waals surface area (Å²) < 4.78 is 24.2. The molecular formula is C18H16BrN5O6. The molecule has 1 unspecified atom stereocenters. The molecule has 4 rings (SSSR count). The number of halogens is 1. The van der Waals surface area contributed by atoms with Crippen LogP contribution in [0.5, 0.6) is 23.7 Å². The largest absolute Gasteiger partial charge is 0.497 e. The van der Waals surface area contributed by atoms with Crippen molar-refractivity contribution in [2.75, 3.05) is 13.7 Å². The van der Waals surface area contributed by atoms with Gasteiger partial charge in [-0.2, -0.15) is 4.98 Å². The summed E-state index contributed by atoms with van der Waals surface area (Å²) in [5, 5.41) is 10.9. The first-order chi connectivity index (χ1) is 14.5. The summed E-state index contributed by atoms with van der Waals surface area (Å²) in [7, 11) is 1.61. The first-order valence-corrected chi connectivity index (χ1v) is 9.60. The van der Waals surface area contributed by atoms with Crippen molar-refractivity contribution in [2.45, 2.75) is 19.3 Å². The third-order valence-electron chi connectivity index (χ3n) is 4.21. The summed E-state index contributed by atoms with van der Waals surface area (Å²) in [4.78, 5) is 22.5. The maximum absolute atomic E-state index is 10.9. The van der Waals surface area contributed by atoms with Crippen LogP contribution in [0.15, 0.2) is 41.1 Å². The van der Waals surface area contributed by atoms with Gasteiger partial charge in [0.1, 0.15) is 25.2 Å². The Morgan fingerprint density at radius 3 is 2.87 bits per heavy atom. The minimum absolute atomic E-state index is 0.106. The number of ether oxygens (including phenoxy) is 4. The number of benzene rings is 1. The fraction of sp³-hybridized carbons (Fsp3) is 0.278. The van der Waals surface area contributed by atoms with Gasteiger partial charge in [-0.3, -0.25) is 4.57 Å². The minimum atomic E-state index is -0.575. The Labute approximate surface area is 178 Å². The number of hydrogen-bond donors (Lipinski definition) is 0. The zero-order chi connectivity index (χ0) is 21.1. The molecule has 0 saturated heterocycles. The van der Waals surface area contributed by atoms with Crippen LogP contribution in [0.2, 0.25) is 0 Å². The second-order valence-corrected chi connectivity index (χ2v) is 7.14. The highest BCUT2D eigenvalue weighted by atomic mass is 79.9. The minimum Gasteiger partial charge on any atom is -0.497 e. The Morgan fingerprint density at radius 1 is 1.33 bits per heavy atom. The van der Waals surface area contributed by atoms with Crippen LogP contribution in [0.4, 0.5) is 5.82 Å². The number of hydrogen-bond acceptors (Lipinski definition) is 9. The summed E-state index contributed by atoms with van der Waals surface area (Å²) in [5.41, 5.74) is 0.943. The SMILES string of the molecule is COc1ccc(COc2nc(OC3COc4nc([N+](=O)[O-])cn4C3)ncc2Br)cc1. The number of fused-ring (bicyclic) bond motifs is 1. The van der Waals surface area contributed by atoms with Crippen LogP contribution in [-0.4, -0.2) is 44.3 Å².